The third-order valence-electron chi connectivity index (χ3n) is 4.62. The lowest BCUT2D eigenvalue weighted by Crippen LogP contribution is -2.23. The first-order chi connectivity index (χ1) is 15.4. The second-order valence-electron chi connectivity index (χ2n) is 6.98. The number of carbonyl (C=O) groups is 2. The molecule has 0 aliphatic rings. The zero-order valence-electron chi connectivity index (χ0n) is 17.9. The summed E-state index contributed by atoms with van der Waals surface area (Å²) in [7, 11) is 0. The van der Waals surface area contributed by atoms with Gasteiger partial charge in [0.2, 0.25) is 0 Å². The molecule has 0 bridgehead atoms. The first-order valence-electron chi connectivity index (χ1n) is 10.4. The number of hydrogen-bond acceptors (Lipinski definition) is 5. The molecule has 3 aromatic rings. The number of carbonyl (C=O) groups excluding carboxylic acids is 2. The first kappa shape index (κ1) is 24.3. The highest BCUT2D eigenvalue weighted by Crippen LogP contribution is 2.32. The Labute approximate surface area is 200 Å². The molecule has 2 aromatic carbocycles. The van der Waals surface area contributed by atoms with Crippen molar-refractivity contribution in [3.05, 3.63) is 56.8 Å². The van der Waals surface area contributed by atoms with E-state index >= 15 is 0 Å². The molecule has 32 heavy (non-hydrogen) atoms. The van der Waals surface area contributed by atoms with Crippen molar-refractivity contribution in [3.63, 3.8) is 0 Å². The number of unbranched alkanes of at least 4 members (excludes halogenated alkanes) is 2. The van der Waals surface area contributed by atoms with Gasteiger partial charge in [0, 0.05) is 5.56 Å². The highest BCUT2D eigenvalue weighted by molar-refractivity contribution is 7.16. The summed E-state index contributed by atoms with van der Waals surface area (Å²) in [5, 5.41) is 0.640. The van der Waals surface area contributed by atoms with Crippen LogP contribution in [0.3, 0.4) is 0 Å². The molecule has 0 N–H and O–H groups in total. The number of hydrogen-bond donors (Lipinski definition) is 0. The van der Waals surface area contributed by atoms with E-state index in [1.807, 2.05) is 6.07 Å². The molecule has 1 heterocycles. The maximum absolute atomic E-state index is 12.9. The molecule has 0 atom stereocenters. The van der Waals surface area contributed by atoms with Gasteiger partial charge in [0.25, 0.3) is 5.91 Å². The Balaban J connectivity index is 1.97. The molecule has 6 nitrogen and oxygen atoms in total. The van der Waals surface area contributed by atoms with Crippen LogP contribution in [0.5, 0.6) is 5.75 Å². The Hall–Kier alpha value is -2.35. The summed E-state index contributed by atoms with van der Waals surface area (Å²) >= 11 is 13.8. The predicted octanol–water partition coefficient (Wildman–Crippen LogP) is 5.88. The average molecular weight is 495 g/mol. The molecule has 3 rings (SSSR count). The summed E-state index contributed by atoms with van der Waals surface area (Å²) in [6.45, 7) is 4.55. The number of esters is 1. The number of aromatic nitrogens is 1. The van der Waals surface area contributed by atoms with E-state index < -0.39 is 11.9 Å². The smallest absolute Gasteiger partial charge is 0.326 e. The molecule has 170 valence electrons. The van der Waals surface area contributed by atoms with Gasteiger partial charge in [-0.3, -0.25) is 9.59 Å². The Morgan fingerprint density at radius 2 is 1.94 bits per heavy atom. The Bertz CT molecular complexity index is 1190. The molecule has 1 aromatic heterocycles. The summed E-state index contributed by atoms with van der Waals surface area (Å²) in [5.74, 6) is -0.289. The predicted molar refractivity (Wildman–Crippen MR) is 128 cm³/mol. The fourth-order valence-corrected chi connectivity index (χ4v) is 4.59. The van der Waals surface area contributed by atoms with Gasteiger partial charge in [-0.1, -0.05) is 60.4 Å². The quantitative estimate of drug-likeness (QED) is 0.275. The molecule has 0 radical (unpaired) electrons. The Morgan fingerprint density at radius 3 is 2.69 bits per heavy atom. The van der Waals surface area contributed by atoms with E-state index in [9.17, 15) is 9.59 Å². The lowest BCUT2D eigenvalue weighted by Gasteiger charge is -2.07. The van der Waals surface area contributed by atoms with Crippen LogP contribution in [-0.2, 0) is 16.1 Å². The molecule has 0 fully saturated rings. The largest absolute Gasteiger partial charge is 0.494 e. The van der Waals surface area contributed by atoms with Crippen LogP contribution < -0.4 is 9.54 Å². The molecule has 9 heteroatoms. The van der Waals surface area contributed by atoms with E-state index in [4.69, 9.17) is 32.7 Å². The number of amides is 1. The summed E-state index contributed by atoms with van der Waals surface area (Å²) in [5.41, 5.74) is 0.930. The molecule has 0 unspecified atom stereocenters. The van der Waals surface area contributed by atoms with E-state index in [1.54, 1.807) is 41.8 Å². The van der Waals surface area contributed by atoms with Gasteiger partial charge in [0.1, 0.15) is 12.3 Å². The van der Waals surface area contributed by atoms with Crippen molar-refractivity contribution in [1.82, 2.24) is 4.57 Å². The SMILES string of the molecule is CCCCCOc1cccc(C(=O)N=c2sc3ccc(Cl)c(Cl)c3n2CC(=O)OCC)c1. The van der Waals surface area contributed by atoms with Gasteiger partial charge < -0.3 is 14.0 Å². The number of benzene rings is 2. The lowest BCUT2D eigenvalue weighted by molar-refractivity contribution is -0.143. The Kier molecular flexibility index (Phi) is 8.73. The lowest BCUT2D eigenvalue weighted by atomic mass is 10.2. The van der Waals surface area contributed by atoms with Crippen molar-refractivity contribution in [2.45, 2.75) is 39.7 Å². The highest BCUT2D eigenvalue weighted by atomic mass is 35.5. The van der Waals surface area contributed by atoms with Crippen LogP contribution in [0.2, 0.25) is 10.0 Å². The molecule has 0 aliphatic carbocycles. The maximum Gasteiger partial charge on any atom is 0.326 e. The molecule has 0 spiro atoms. The van der Waals surface area contributed by atoms with Gasteiger partial charge in [-0.2, -0.15) is 4.99 Å². The monoisotopic (exact) mass is 494 g/mol. The second-order valence-corrected chi connectivity index (χ2v) is 8.78. The number of ether oxygens (including phenoxy) is 2. The molecule has 0 saturated heterocycles. The minimum Gasteiger partial charge on any atom is -0.494 e. The third-order valence-corrected chi connectivity index (χ3v) is 6.46. The van der Waals surface area contributed by atoms with Crippen molar-refractivity contribution in [3.8, 4) is 5.75 Å². The summed E-state index contributed by atoms with van der Waals surface area (Å²) < 4.78 is 13.1. The van der Waals surface area contributed by atoms with Gasteiger partial charge in [0.05, 0.1) is 33.5 Å². The normalized spacial score (nSPS) is 11.7. The van der Waals surface area contributed by atoms with Gasteiger partial charge in [-0.25, -0.2) is 0 Å². The minimum absolute atomic E-state index is 0.138. The van der Waals surface area contributed by atoms with Crippen molar-refractivity contribution >= 4 is 56.6 Å². The van der Waals surface area contributed by atoms with E-state index in [1.165, 1.54) is 11.3 Å². The fraction of sp³-hybridized carbons (Fsp3) is 0.348. The van der Waals surface area contributed by atoms with E-state index in [-0.39, 0.29) is 13.2 Å². The molecule has 1 amide bonds. The first-order valence-corrected chi connectivity index (χ1v) is 12.0. The van der Waals surface area contributed by atoms with Gasteiger partial charge in [-0.15, -0.1) is 0 Å². The number of fused-ring (bicyclic) bond motifs is 1. The van der Waals surface area contributed by atoms with Gasteiger partial charge in [-0.05, 0) is 43.7 Å². The fourth-order valence-electron chi connectivity index (χ4n) is 3.08. The number of thiazole rings is 1. The van der Waals surface area contributed by atoms with Gasteiger partial charge in [0.15, 0.2) is 4.80 Å². The maximum atomic E-state index is 12.9. The van der Waals surface area contributed by atoms with Crippen molar-refractivity contribution in [2.75, 3.05) is 13.2 Å². The Morgan fingerprint density at radius 1 is 1.12 bits per heavy atom. The van der Waals surface area contributed by atoms with Crippen LogP contribution in [0.15, 0.2) is 41.4 Å². The zero-order chi connectivity index (χ0) is 23.1. The average Bonchev–Trinajstić information content (AvgIpc) is 3.11. The molecular weight excluding hydrogens is 471 g/mol. The van der Waals surface area contributed by atoms with E-state index in [0.717, 1.165) is 24.0 Å². The van der Waals surface area contributed by atoms with Crippen LogP contribution >= 0.6 is 34.5 Å². The summed E-state index contributed by atoms with van der Waals surface area (Å²) in [6, 6.07) is 10.4. The van der Waals surface area contributed by atoms with Crippen LogP contribution in [-0.4, -0.2) is 29.7 Å². The standard InChI is InChI=1S/C23H24Cl2N2O4S/c1-3-5-6-12-31-16-9-7-8-15(13-16)22(29)26-23-27(14-19(28)30-4-2)21-18(32-23)11-10-17(24)20(21)25/h7-11,13H,3-6,12,14H2,1-2H3. The number of rotatable bonds is 9. The van der Waals surface area contributed by atoms with Crippen LogP contribution in [0.4, 0.5) is 0 Å². The van der Waals surface area contributed by atoms with E-state index in [0.29, 0.717) is 38.3 Å². The minimum atomic E-state index is -0.459. The van der Waals surface area contributed by atoms with Crippen molar-refractivity contribution in [2.24, 2.45) is 4.99 Å². The van der Waals surface area contributed by atoms with Crippen LogP contribution in [0.25, 0.3) is 10.2 Å². The highest BCUT2D eigenvalue weighted by Gasteiger charge is 2.17. The third kappa shape index (κ3) is 5.91. The number of halogens is 2. The van der Waals surface area contributed by atoms with Crippen LogP contribution in [0, 0.1) is 0 Å². The zero-order valence-corrected chi connectivity index (χ0v) is 20.2. The number of nitrogens with zero attached hydrogens (tertiary/aromatic N) is 2. The van der Waals surface area contributed by atoms with Crippen LogP contribution in [0.1, 0.15) is 43.5 Å². The van der Waals surface area contributed by atoms with Crippen molar-refractivity contribution < 1.29 is 19.1 Å². The molecule has 0 aliphatic heterocycles. The van der Waals surface area contributed by atoms with Crippen molar-refractivity contribution in [1.29, 1.82) is 0 Å². The molecule has 0 saturated carbocycles. The summed E-state index contributed by atoms with van der Waals surface area (Å²) in [6.07, 6.45) is 3.15. The topological polar surface area (TPSA) is 69.9 Å². The second kappa shape index (κ2) is 11.5. The summed E-state index contributed by atoms with van der Waals surface area (Å²) in [4.78, 5) is 29.7. The van der Waals surface area contributed by atoms with Gasteiger partial charge >= 0.3 is 5.97 Å². The van der Waals surface area contributed by atoms with E-state index in [2.05, 4.69) is 11.9 Å². The molecular formula is C23H24Cl2N2O4S.